The first-order valence-corrected chi connectivity index (χ1v) is 13.5. The molecule has 0 nitrogen and oxygen atoms in total. The zero-order valence-corrected chi connectivity index (χ0v) is 21.9. The fraction of sp³-hybridized carbons (Fsp3) is 0.0256. The first kappa shape index (κ1) is 24.4. The molecule has 39 heavy (non-hydrogen) atoms. The Morgan fingerprint density at radius 3 is 1.21 bits per heavy atom. The van der Waals surface area contributed by atoms with E-state index < -0.39 is 0 Å². The Balaban J connectivity index is 1.34. The Morgan fingerprint density at radius 1 is 0.359 bits per heavy atom. The second-order valence-corrected chi connectivity index (χ2v) is 9.85. The second kappa shape index (κ2) is 11.6. The molecule has 0 aromatic heterocycles. The maximum absolute atomic E-state index is 2.31. The lowest BCUT2D eigenvalue weighted by atomic mass is 9.92. The zero-order chi connectivity index (χ0) is 26.3. The second-order valence-electron chi connectivity index (χ2n) is 9.85. The van der Waals surface area contributed by atoms with Crippen molar-refractivity contribution in [2.45, 2.75) is 6.42 Å². The van der Waals surface area contributed by atoms with Crippen LogP contribution in [-0.4, -0.2) is 0 Å². The highest BCUT2D eigenvalue weighted by atomic mass is 14.1. The van der Waals surface area contributed by atoms with Crippen molar-refractivity contribution in [2.24, 2.45) is 0 Å². The molecular weight excluding hydrogens is 468 g/mol. The smallest absolute Gasteiger partial charge is 0.00258 e. The summed E-state index contributed by atoms with van der Waals surface area (Å²) in [5.41, 5.74) is 12.4. The van der Waals surface area contributed by atoms with Crippen molar-refractivity contribution in [1.29, 1.82) is 0 Å². The molecule has 186 valence electrons. The number of benzene rings is 6. The summed E-state index contributed by atoms with van der Waals surface area (Å²) in [7, 11) is 0. The van der Waals surface area contributed by atoms with Gasteiger partial charge in [-0.3, -0.25) is 0 Å². The van der Waals surface area contributed by atoms with Gasteiger partial charge < -0.3 is 0 Å². The molecule has 0 aliphatic carbocycles. The fourth-order valence-corrected chi connectivity index (χ4v) is 5.01. The first-order chi connectivity index (χ1) is 19.3. The van der Waals surface area contributed by atoms with Crippen LogP contribution >= 0.6 is 0 Å². The third kappa shape index (κ3) is 5.98. The van der Waals surface area contributed by atoms with Gasteiger partial charge in [-0.15, -0.1) is 0 Å². The van der Waals surface area contributed by atoms with Gasteiger partial charge in [0.25, 0.3) is 0 Å². The van der Waals surface area contributed by atoms with Gasteiger partial charge in [0.15, 0.2) is 0 Å². The van der Waals surface area contributed by atoms with Crippen molar-refractivity contribution >= 4 is 11.6 Å². The van der Waals surface area contributed by atoms with Crippen molar-refractivity contribution in [3.63, 3.8) is 0 Å². The molecule has 6 aromatic carbocycles. The highest BCUT2D eigenvalue weighted by molar-refractivity contribution is 5.92. The molecule has 0 spiro atoms. The Bertz CT molecular complexity index is 1560. The van der Waals surface area contributed by atoms with Gasteiger partial charge in [-0.05, 0) is 68.1 Å². The molecule has 0 saturated carbocycles. The first-order valence-electron chi connectivity index (χ1n) is 13.5. The third-order valence-electron chi connectivity index (χ3n) is 7.15. The standard InChI is InChI=1S/C39H30/c1-4-10-30(11-5-1)28-31-16-18-32(19-17-31)29-39(37-24-20-35(21-25-37)33-12-6-2-7-13-33)38-26-22-36(23-27-38)34-14-8-3-9-15-34/h1-27,29H,28H2. The predicted octanol–water partition coefficient (Wildman–Crippen LogP) is 10.2. The lowest BCUT2D eigenvalue weighted by molar-refractivity contribution is 1.19. The summed E-state index contributed by atoms with van der Waals surface area (Å²) < 4.78 is 0. The summed E-state index contributed by atoms with van der Waals surface area (Å²) in [6.45, 7) is 0. The van der Waals surface area contributed by atoms with Gasteiger partial charge in [-0.2, -0.15) is 0 Å². The van der Waals surface area contributed by atoms with E-state index in [1.807, 2.05) is 0 Å². The normalized spacial score (nSPS) is 10.7. The van der Waals surface area contributed by atoms with Crippen molar-refractivity contribution < 1.29 is 0 Å². The quantitative estimate of drug-likeness (QED) is 0.192. The SMILES string of the molecule is C(=C(c1ccc(-c2ccccc2)cc1)c1ccc(-c2ccccc2)cc1)c1ccc(Cc2ccccc2)cc1. The molecule has 0 bridgehead atoms. The van der Waals surface area contributed by atoms with E-state index in [2.05, 4.69) is 170 Å². The minimum Gasteiger partial charge on any atom is -0.0622 e. The zero-order valence-electron chi connectivity index (χ0n) is 21.9. The van der Waals surface area contributed by atoms with Crippen LogP contribution in [0.3, 0.4) is 0 Å². The van der Waals surface area contributed by atoms with E-state index >= 15 is 0 Å². The highest BCUT2D eigenvalue weighted by Gasteiger charge is 2.08. The molecule has 0 saturated heterocycles. The van der Waals surface area contributed by atoms with Crippen LogP contribution in [0.2, 0.25) is 0 Å². The monoisotopic (exact) mass is 498 g/mol. The third-order valence-corrected chi connectivity index (χ3v) is 7.15. The molecule has 0 heteroatoms. The van der Waals surface area contributed by atoms with E-state index in [0.717, 1.165) is 6.42 Å². The lowest BCUT2D eigenvalue weighted by Crippen LogP contribution is -1.91. The summed E-state index contributed by atoms with van der Waals surface area (Å²) in [5.74, 6) is 0. The van der Waals surface area contributed by atoms with E-state index in [1.165, 1.54) is 55.6 Å². The van der Waals surface area contributed by atoms with E-state index in [-0.39, 0.29) is 0 Å². The van der Waals surface area contributed by atoms with Crippen molar-refractivity contribution in [1.82, 2.24) is 0 Å². The molecule has 0 fully saturated rings. The Morgan fingerprint density at radius 2 is 0.744 bits per heavy atom. The molecule has 0 unspecified atom stereocenters. The molecule has 0 aliphatic rings. The molecule has 0 N–H and O–H groups in total. The van der Waals surface area contributed by atoms with Gasteiger partial charge in [0.2, 0.25) is 0 Å². The van der Waals surface area contributed by atoms with E-state index in [9.17, 15) is 0 Å². The van der Waals surface area contributed by atoms with Gasteiger partial charge >= 0.3 is 0 Å². The van der Waals surface area contributed by atoms with Crippen molar-refractivity contribution in [3.8, 4) is 22.3 Å². The van der Waals surface area contributed by atoms with E-state index in [4.69, 9.17) is 0 Å². The minimum atomic E-state index is 0.944. The molecular formula is C39H30. The molecule has 6 rings (SSSR count). The average molecular weight is 499 g/mol. The van der Waals surface area contributed by atoms with Crippen LogP contribution in [0.5, 0.6) is 0 Å². The summed E-state index contributed by atoms with van der Waals surface area (Å²) >= 11 is 0. The number of hydrogen-bond acceptors (Lipinski definition) is 0. The van der Waals surface area contributed by atoms with Gasteiger partial charge in [0.1, 0.15) is 0 Å². The lowest BCUT2D eigenvalue weighted by Gasteiger charge is -2.12. The van der Waals surface area contributed by atoms with Gasteiger partial charge in [0, 0.05) is 0 Å². The van der Waals surface area contributed by atoms with Crippen LogP contribution in [-0.2, 0) is 6.42 Å². The van der Waals surface area contributed by atoms with Gasteiger partial charge in [-0.1, -0.05) is 164 Å². The average Bonchev–Trinajstić information content (AvgIpc) is 3.02. The summed E-state index contributed by atoms with van der Waals surface area (Å²) in [6, 6.07) is 58.5. The Labute approximate surface area is 231 Å². The topological polar surface area (TPSA) is 0 Å². The molecule has 0 atom stereocenters. The van der Waals surface area contributed by atoms with Crippen LogP contribution in [0.4, 0.5) is 0 Å². The van der Waals surface area contributed by atoms with Crippen LogP contribution < -0.4 is 0 Å². The van der Waals surface area contributed by atoms with Crippen LogP contribution in [0.1, 0.15) is 27.8 Å². The molecule has 0 radical (unpaired) electrons. The Hall–Kier alpha value is -4.94. The maximum atomic E-state index is 2.31. The summed E-state index contributed by atoms with van der Waals surface area (Å²) in [4.78, 5) is 0. The molecule has 6 aromatic rings. The molecule has 0 heterocycles. The summed E-state index contributed by atoms with van der Waals surface area (Å²) in [5, 5.41) is 0. The Kier molecular flexibility index (Phi) is 7.27. The number of rotatable bonds is 7. The molecule has 0 amide bonds. The van der Waals surface area contributed by atoms with Crippen molar-refractivity contribution in [3.05, 3.63) is 192 Å². The number of hydrogen-bond donors (Lipinski definition) is 0. The summed E-state index contributed by atoms with van der Waals surface area (Å²) in [6.07, 6.45) is 3.25. The van der Waals surface area contributed by atoms with Gasteiger partial charge in [0.05, 0.1) is 0 Å². The van der Waals surface area contributed by atoms with E-state index in [0.29, 0.717) is 0 Å². The largest absolute Gasteiger partial charge is 0.0622 e. The van der Waals surface area contributed by atoms with Crippen LogP contribution in [0.15, 0.2) is 164 Å². The maximum Gasteiger partial charge on any atom is -0.00258 e. The van der Waals surface area contributed by atoms with Crippen LogP contribution in [0, 0.1) is 0 Å². The predicted molar refractivity (Wildman–Crippen MR) is 166 cm³/mol. The minimum absolute atomic E-state index is 0.944. The van der Waals surface area contributed by atoms with Crippen molar-refractivity contribution in [2.75, 3.05) is 0 Å². The molecule has 0 aliphatic heterocycles. The van der Waals surface area contributed by atoms with Gasteiger partial charge in [-0.25, -0.2) is 0 Å². The highest BCUT2D eigenvalue weighted by Crippen LogP contribution is 2.30. The van der Waals surface area contributed by atoms with E-state index in [1.54, 1.807) is 0 Å². The van der Waals surface area contributed by atoms with Crippen LogP contribution in [0.25, 0.3) is 33.9 Å². The fourth-order valence-electron chi connectivity index (χ4n) is 5.01.